The number of nitrogens with one attached hydrogen (secondary N) is 1. The molecular weight excluding hydrogens is 460 g/mol. The van der Waals surface area contributed by atoms with Crippen molar-refractivity contribution in [1.29, 1.82) is 0 Å². The van der Waals surface area contributed by atoms with Crippen LogP contribution in [0.3, 0.4) is 0 Å². The molecule has 9 heteroatoms. The third-order valence-electron chi connectivity index (χ3n) is 5.91. The van der Waals surface area contributed by atoms with E-state index in [0.717, 1.165) is 29.2 Å². The number of fused-ring (bicyclic) bond motifs is 1. The zero-order valence-electron chi connectivity index (χ0n) is 20.2. The molecule has 186 valence electrons. The Labute approximate surface area is 208 Å². The number of aliphatic carboxylic acids is 1. The van der Waals surface area contributed by atoms with Gasteiger partial charge in [0.1, 0.15) is 23.2 Å². The molecule has 36 heavy (non-hydrogen) atoms. The fourth-order valence-corrected chi connectivity index (χ4v) is 4.18. The van der Waals surface area contributed by atoms with Crippen molar-refractivity contribution in [3.63, 3.8) is 0 Å². The van der Waals surface area contributed by atoms with E-state index >= 15 is 0 Å². The van der Waals surface area contributed by atoms with Gasteiger partial charge in [-0.2, -0.15) is 0 Å². The van der Waals surface area contributed by atoms with Crippen molar-refractivity contribution in [2.24, 2.45) is 0 Å². The largest absolute Gasteiger partial charge is 0.480 e. The molecule has 0 unspecified atom stereocenters. The Hall–Kier alpha value is -4.27. The van der Waals surface area contributed by atoms with Gasteiger partial charge in [-0.15, -0.1) is 0 Å². The Morgan fingerprint density at radius 1 is 1.03 bits per heavy atom. The molecular formula is C27H28N4O5. The van der Waals surface area contributed by atoms with E-state index in [4.69, 9.17) is 4.74 Å². The van der Waals surface area contributed by atoms with Crippen LogP contribution < -0.4 is 25.8 Å². The van der Waals surface area contributed by atoms with Gasteiger partial charge in [-0.25, -0.2) is 9.78 Å². The number of anilines is 2. The summed E-state index contributed by atoms with van der Waals surface area (Å²) in [6.07, 6.45) is 6.78. The number of carbonyl (C=O) groups is 1. The Bertz CT molecular complexity index is 1420. The van der Waals surface area contributed by atoms with E-state index in [1.165, 1.54) is 0 Å². The molecule has 4 aromatic rings. The number of pyridine rings is 2. The first-order valence-corrected chi connectivity index (χ1v) is 12.0. The maximum Gasteiger partial charge on any atom is 0.326 e. The van der Waals surface area contributed by atoms with Gasteiger partial charge in [-0.05, 0) is 42.7 Å². The molecule has 9 nitrogen and oxygen atoms in total. The molecule has 0 fully saturated rings. The monoisotopic (exact) mass is 488 g/mol. The van der Waals surface area contributed by atoms with E-state index in [9.17, 15) is 19.5 Å². The number of carboxylic acid groups (broad SMARTS) is 1. The highest BCUT2D eigenvalue weighted by atomic mass is 16.5. The third-order valence-corrected chi connectivity index (χ3v) is 5.91. The summed E-state index contributed by atoms with van der Waals surface area (Å²) in [7, 11) is 0. The maximum absolute atomic E-state index is 12.3. The molecule has 0 aliphatic rings. The van der Waals surface area contributed by atoms with Crippen LogP contribution in [-0.2, 0) is 11.2 Å². The van der Waals surface area contributed by atoms with Gasteiger partial charge in [0.25, 0.3) is 10.9 Å². The van der Waals surface area contributed by atoms with Crippen LogP contribution in [0.4, 0.5) is 11.4 Å². The number of hydrogen-bond acceptors (Lipinski definition) is 8. The van der Waals surface area contributed by atoms with Crippen LogP contribution in [0.1, 0.15) is 32.3 Å². The number of nitrogens with zero attached hydrogens (tertiary/aromatic N) is 3. The molecule has 0 amide bonds. The summed E-state index contributed by atoms with van der Waals surface area (Å²) in [5.74, 6) is -0.112. The van der Waals surface area contributed by atoms with Crippen LogP contribution in [0.15, 0.2) is 64.6 Å². The summed E-state index contributed by atoms with van der Waals surface area (Å²) in [5.41, 5.74) is -0.128. The van der Waals surface area contributed by atoms with Crippen LogP contribution in [0.25, 0.3) is 10.8 Å². The number of hydrogen-bond donors (Lipinski definition) is 2. The van der Waals surface area contributed by atoms with E-state index in [-0.39, 0.29) is 17.8 Å². The number of ether oxygens (including phenoxy) is 1. The predicted molar refractivity (Wildman–Crippen MR) is 139 cm³/mol. The molecule has 0 spiro atoms. The van der Waals surface area contributed by atoms with Gasteiger partial charge in [0.05, 0.1) is 0 Å². The van der Waals surface area contributed by atoms with Crippen molar-refractivity contribution in [2.45, 2.75) is 39.2 Å². The Morgan fingerprint density at radius 2 is 1.75 bits per heavy atom. The molecule has 2 aromatic carbocycles. The quantitative estimate of drug-likeness (QED) is 0.287. The normalized spacial score (nSPS) is 11.9. The van der Waals surface area contributed by atoms with Crippen molar-refractivity contribution in [2.75, 3.05) is 23.3 Å². The van der Waals surface area contributed by atoms with Crippen molar-refractivity contribution < 1.29 is 14.6 Å². The summed E-state index contributed by atoms with van der Waals surface area (Å²) in [5, 5.41) is 14.4. The first-order chi connectivity index (χ1) is 17.4. The second kappa shape index (κ2) is 11.0. The lowest BCUT2D eigenvalue weighted by Crippen LogP contribution is -2.46. The second-order valence-electron chi connectivity index (χ2n) is 8.57. The average Bonchev–Trinajstić information content (AvgIpc) is 2.88. The zero-order chi connectivity index (χ0) is 25.7. The Balaban J connectivity index is 1.49. The second-order valence-corrected chi connectivity index (χ2v) is 8.57. The molecule has 1 atom stereocenters. The fraction of sp³-hybridized carbons (Fsp3) is 0.296. The van der Waals surface area contributed by atoms with Gasteiger partial charge < -0.3 is 20.1 Å². The van der Waals surface area contributed by atoms with Crippen LogP contribution in [-0.4, -0.2) is 40.2 Å². The van der Waals surface area contributed by atoms with Crippen LogP contribution in [0.5, 0.6) is 11.6 Å². The minimum atomic E-state index is -1.11. The van der Waals surface area contributed by atoms with Crippen molar-refractivity contribution in [3.8, 4) is 11.6 Å². The zero-order valence-corrected chi connectivity index (χ0v) is 20.2. The minimum absolute atomic E-state index is 0.0887. The van der Waals surface area contributed by atoms with E-state index in [1.54, 1.807) is 42.9 Å². The number of benzene rings is 1. The first kappa shape index (κ1) is 24.8. The fourth-order valence-electron chi connectivity index (χ4n) is 4.18. The SMILES string of the molecule is CCCN(CCC)c1c(N[C@@H](Cc2ccc(Oc3nccc4cnccc34)cc2)C(=O)O)c(=O)c1=O. The van der Waals surface area contributed by atoms with E-state index in [2.05, 4.69) is 15.3 Å². The maximum atomic E-state index is 12.3. The molecule has 4 rings (SSSR count). The highest BCUT2D eigenvalue weighted by Crippen LogP contribution is 2.28. The van der Waals surface area contributed by atoms with Gasteiger partial charge in [-0.1, -0.05) is 26.0 Å². The summed E-state index contributed by atoms with van der Waals surface area (Å²) in [6, 6.07) is 9.61. The van der Waals surface area contributed by atoms with E-state index < -0.39 is 22.9 Å². The first-order valence-electron chi connectivity index (χ1n) is 12.0. The lowest BCUT2D eigenvalue weighted by molar-refractivity contribution is -0.137. The number of rotatable bonds is 12. The highest BCUT2D eigenvalue weighted by Gasteiger charge is 2.29. The molecule has 2 aromatic heterocycles. The number of aromatic nitrogens is 2. The summed E-state index contributed by atoms with van der Waals surface area (Å²) < 4.78 is 5.94. The topological polar surface area (TPSA) is 122 Å². The van der Waals surface area contributed by atoms with Gasteiger partial charge in [0.2, 0.25) is 5.88 Å². The molecule has 0 bridgehead atoms. The standard InChI is InChI=1S/C27H28N4O5/c1-3-13-31(14-4-2)23-22(24(32)25(23)33)30-21(27(34)35)15-17-5-7-19(8-6-17)36-26-20-10-11-28-16-18(20)9-12-29-26/h5-12,16,21,30H,3-4,13-15H2,1-2H3,(H,34,35)/t21-/m0/s1. The molecule has 0 aliphatic carbocycles. The van der Waals surface area contributed by atoms with Crippen molar-refractivity contribution >= 4 is 28.1 Å². The minimum Gasteiger partial charge on any atom is -0.480 e. The van der Waals surface area contributed by atoms with Gasteiger partial charge in [0, 0.05) is 48.9 Å². The van der Waals surface area contributed by atoms with Gasteiger partial charge in [-0.3, -0.25) is 14.6 Å². The molecule has 0 saturated carbocycles. The summed E-state index contributed by atoms with van der Waals surface area (Å²) >= 11 is 0. The van der Waals surface area contributed by atoms with Crippen LogP contribution >= 0.6 is 0 Å². The van der Waals surface area contributed by atoms with E-state index in [0.29, 0.717) is 24.7 Å². The summed E-state index contributed by atoms with van der Waals surface area (Å²) in [4.78, 5) is 46.8. The van der Waals surface area contributed by atoms with Crippen LogP contribution in [0.2, 0.25) is 0 Å². The molecule has 0 aliphatic heterocycles. The lowest BCUT2D eigenvalue weighted by Gasteiger charge is -2.28. The Morgan fingerprint density at radius 3 is 2.42 bits per heavy atom. The van der Waals surface area contributed by atoms with Crippen LogP contribution in [0, 0.1) is 0 Å². The lowest BCUT2D eigenvalue weighted by atomic mass is 10.0. The van der Waals surface area contributed by atoms with Crippen molar-refractivity contribution in [3.05, 3.63) is 81.0 Å². The smallest absolute Gasteiger partial charge is 0.326 e. The van der Waals surface area contributed by atoms with Gasteiger partial charge in [0.15, 0.2) is 0 Å². The molecule has 2 N–H and O–H groups in total. The Kier molecular flexibility index (Phi) is 7.58. The predicted octanol–water partition coefficient (Wildman–Crippen LogP) is 3.75. The molecule has 2 heterocycles. The summed E-state index contributed by atoms with van der Waals surface area (Å²) in [6.45, 7) is 5.22. The van der Waals surface area contributed by atoms with Crippen molar-refractivity contribution in [1.82, 2.24) is 9.97 Å². The van der Waals surface area contributed by atoms with E-state index in [1.807, 2.05) is 30.9 Å². The molecule has 0 saturated heterocycles. The average molecular weight is 489 g/mol. The van der Waals surface area contributed by atoms with Gasteiger partial charge >= 0.3 is 5.97 Å². The molecule has 0 radical (unpaired) electrons. The third kappa shape index (κ3) is 5.19. The highest BCUT2D eigenvalue weighted by molar-refractivity contribution is 5.86. The number of carboxylic acids is 1.